The van der Waals surface area contributed by atoms with E-state index < -0.39 is 5.97 Å². The van der Waals surface area contributed by atoms with Crippen LogP contribution in [0.5, 0.6) is 0 Å². The summed E-state index contributed by atoms with van der Waals surface area (Å²) in [7, 11) is 0. The van der Waals surface area contributed by atoms with Crippen molar-refractivity contribution >= 4 is 11.9 Å². The number of aromatic nitrogens is 2. The molecule has 7 heteroatoms. The standard InChI is InChI=1S/C25H29N3O4/c1-18(2)31-15-7-14-26-23(29)17-32-25(30)22-16-28(21-12-10-19(3)11-13-21)27-24(22)20-8-5-4-6-9-20/h4-6,8-13,16,18H,7,14-15,17H2,1-3H3,(H,26,29). The normalized spacial score (nSPS) is 10.9. The quantitative estimate of drug-likeness (QED) is 0.385. The molecule has 0 aliphatic heterocycles. The molecule has 3 aromatic rings. The van der Waals surface area contributed by atoms with Crippen LogP contribution in [0.15, 0.2) is 60.8 Å². The summed E-state index contributed by atoms with van der Waals surface area (Å²) >= 11 is 0. The van der Waals surface area contributed by atoms with Gasteiger partial charge in [0.15, 0.2) is 6.61 Å². The molecule has 1 amide bonds. The van der Waals surface area contributed by atoms with Crippen molar-refractivity contribution < 1.29 is 19.1 Å². The number of hydrogen-bond acceptors (Lipinski definition) is 5. The molecule has 3 rings (SSSR count). The van der Waals surface area contributed by atoms with E-state index in [0.29, 0.717) is 30.8 Å². The number of nitrogens with zero attached hydrogens (tertiary/aromatic N) is 2. The lowest BCUT2D eigenvalue weighted by Crippen LogP contribution is -2.30. The van der Waals surface area contributed by atoms with E-state index in [9.17, 15) is 9.59 Å². The Morgan fingerprint density at radius 2 is 1.78 bits per heavy atom. The number of nitrogens with one attached hydrogen (secondary N) is 1. The number of hydrogen-bond donors (Lipinski definition) is 1. The fourth-order valence-electron chi connectivity index (χ4n) is 3.04. The average Bonchev–Trinajstić information content (AvgIpc) is 3.24. The zero-order valence-corrected chi connectivity index (χ0v) is 18.7. The van der Waals surface area contributed by atoms with Gasteiger partial charge in [0, 0.05) is 24.9 Å². The molecule has 1 N–H and O–H groups in total. The van der Waals surface area contributed by atoms with Gasteiger partial charge < -0.3 is 14.8 Å². The number of ether oxygens (including phenoxy) is 2. The Hall–Kier alpha value is -3.45. The second kappa shape index (κ2) is 11.2. The molecule has 0 spiro atoms. The van der Waals surface area contributed by atoms with Crippen molar-refractivity contribution in [2.75, 3.05) is 19.8 Å². The van der Waals surface area contributed by atoms with E-state index in [1.165, 1.54) is 0 Å². The SMILES string of the molecule is Cc1ccc(-n2cc(C(=O)OCC(=O)NCCCOC(C)C)c(-c3ccccc3)n2)cc1. The van der Waals surface area contributed by atoms with Crippen LogP contribution >= 0.6 is 0 Å². The van der Waals surface area contributed by atoms with Crippen molar-refractivity contribution in [3.8, 4) is 16.9 Å². The third-order valence-corrected chi connectivity index (χ3v) is 4.71. The Kier molecular flexibility index (Phi) is 8.16. The number of carbonyl (C=O) groups is 2. The highest BCUT2D eigenvalue weighted by atomic mass is 16.5. The highest BCUT2D eigenvalue weighted by Crippen LogP contribution is 2.24. The van der Waals surface area contributed by atoms with Crippen LogP contribution in [0.2, 0.25) is 0 Å². The first-order valence-corrected chi connectivity index (χ1v) is 10.7. The average molecular weight is 436 g/mol. The van der Waals surface area contributed by atoms with Gasteiger partial charge in [0.1, 0.15) is 11.3 Å². The molecule has 0 fully saturated rings. The van der Waals surface area contributed by atoms with E-state index in [4.69, 9.17) is 9.47 Å². The molecular weight excluding hydrogens is 406 g/mol. The third-order valence-electron chi connectivity index (χ3n) is 4.71. The lowest BCUT2D eigenvalue weighted by molar-refractivity contribution is -0.124. The zero-order chi connectivity index (χ0) is 22.9. The first-order valence-electron chi connectivity index (χ1n) is 10.7. The molecule has 0 atom stereocenters. The topological polar surface area (TPSA) is 82.5 Å². The molecule has 1 heterocycles. The van der Waals surface area contributed by atoms with Crippen molar-refractivity contribution in [3.63, 3.8) is 0 Å². The number of amides is 1. The number of carbonyl (C=O) groups excluding carboxylic acids is 2. The van der Waals surface area contributed by atoms with Gasteiger partial charge >= 0.3 is 5.97 Å². The van der Waals surface area contributed by atoms with E-state index in [-0.39, 0.29) is 18.6 Å². The maximum atomic E-state index is 12.8. The van der Waals surface area contributed by atoms with E-state index in [1.807, 2.05) is 75.4 Å². The maximum absolute atomic E-state index is 12.8. The molecule has 0 saturated heterocycles. The van der Waals surface area contributed by atoms with Crippen LogP contribution in [0, 0.1) is 6.92 Å². The fourth-order valence-corrected chi connectivity index (χ4v) is 3.04. The van der Waals surface area contributed by atoms with Crippen molar-refractivity contribution in [1.29, 1.82) is 0 Å². The largest absolute Gasteiger partial charge is 0.452 e. The summed E-state index contributed by atoms with van der Waals surface area (Å²) in [5.74, 6) is -0.949. The Bertz CT molecular complexity index is 1030. The predicted molar refractivity (Wildman–Crippen MR) is 123 cm³/mol. The van der Waals surface area contributed by atoms with Gasteiger partial charge in [-0.1, -0.05) is 48.0 Å². The van der Waals surface area contributed by atoms with Crippen molar-refractivity contribution in [3.05, 3.63) is 71.9 Å². The van der Waals surface area contributed by atoms with Crippen molar-refractivity contribution in [2.45, 2.75) is 33.3 Å². The molecule has 0 radical (unpaired) electrons. The Balaban J connectivity index is 1.68. The number of benzene rings is 2. The van der Waals surface area contributed by atoms with Gasteiger partial charge in [-0.2, -0.15) is 5.10 Å². The van der Waals surface area contributed by atoms with E-state index >= 15 is 0 Å². The van der Waals surface area contributed by atoms with Crippen LogP contribution in [0.3, 0.4) is 0 Å². The molecular formula is C25H29N3O4. The number of aryl methyl sites for hydroxylation is 1. The molecule has 168 valence electrons. The Morgan fingerprint density at radius 1 is 1.06 bits per heavy atom. The molecule has 1 aromatic heterocycles. The monoisotopic (exact) mass is 435 g/mol. The molecule has 0 aliphatic rings. The summed E-state index contributed by atoms with van der Waals surface area (Å²) in [5, 5.41) is 7.34. The first-order chi connectivity index (χ1) is 15.4. The van der Waals surface area contributed by atoms with Gasteiger partial charge in [0.05, 0.1) is 11.8 Å². The van der Waals surface area contributed by atoms with Gasteiger partial charge in [0.25, 0.3) is 5.91 Å². The number of esters is 1. The minimum atomic E-state index is -0.597. The molecule has 0 aliphatic carbocycles. The minimum Gasteiger partial charge on any atom is -0.452 e. The zero-order valence-electron chi connectivity index (χ0n) is 18.7. The smallest absolute Gasteiger partial charge is 0.342 e. The van der Waals surface area contributed by atoms with E-state index in [2.05, 4.69) is 10.4 Å². The Labute approximate surface area is 188 Å². The van der Waals surface area contributed by atoms with Crippen LogP contribution in [0.4, 0.5) is 0 Å². The van der Waals surface area contributed by atoms with Crippen LogP contribution < -0.4 is 5.32 Å². The van der Waals surface area contributed by atoms with Gasteiger partial charge in [-0.05, 0) is 39.3 Å². The van der Waals surface area contributed by atoms with Crippen LogP contribution in [0.25, 0.3) is 16.9 Å². The number of rotatable bonds is 10. The van der Waals surface area contributed by atoms with Gasteiger partial charge in [-0.25, -0.2) is 9.48 Å². The van der Waals surface area contributed by atoms with Gasteiger partial charge in [0.2, 0.25) is 0 Å². The van der Waals surface area contributed by atoms with E-state index in [0.717, 1.165) is 16.8 Å². The van der Waals surface area contributed by atoms with E-state index in [1.54, 1.807) is 10.9 Å². The second-order valence-electron chi connectivity index (χ2n) is 7.74. The minimum absolute atomic E-state index is 0.159. The van der Waals surface area contributed by atoms with Crippen LogP contribution in [0.1, 0.15) is 36.2 Å². The van der Waals surface area contributed by atoms with Gasteiger partial charge in [-0.3, -0.25) is 4.79 Å². The summed E-state index contributed by atoms with van der Waals surface area (Å²) in [6, 6.07) is 17.2. The molecule has 32 heavy (non-hydrogen) atoms. The Morgan fingerprint density at radius 3 is 2.47 bits per heavy atom. The lowest BCUT2D eigenvalue weighted by Gasteiger charge is -2.08. The van der Waals surface area contributed by atoms with Crippen molar-refractivity contribution in [2.24, 2.45) is 0 Å². The third kappa shape index (κ3) is 6.52. The molecule has 2 aromatic carbocycles. The summed E-state index contributed by atoms with van der Waals surface area (Å²) in [6.07, 6.45) is 2.49. The fraction of sp³-hybridized carbons (Fsp3) is 0.320. The second-order valence-corrected chi connectivity index (χ2v) is 7.74. The highest BCUT2D eigenvalue weighted by molar-refractivity contribution is 5.97. The predicted octanol–water partition coefficient (Wildman–Crippen LogP) is 3.94. The lowest BCUT2D eigenvalue weighted by atomic mass is 10.1. The molecule has 0 unspecified atom stereocenters. The van der Waals surface area contributed by atoms with Crippen molar-refractivity contribution in [1.82, 2.24) is 15.1 Å². The van der Waals surface area contributed by atoms with Gasteiger partial charge in [-0.15, -0.1) is 0 Å². The first kappa shape index (κ1) is 23.2. The molecule has 0 saturated carbocycles. The molecule has 7 nitrogen and oxygen atoms in total. The maximum Gasteiger partial charge on any atom is 0.342 e. The summed E-state index contributed by atoms with van der Waals surface area (Å²) in [5.41, 5.74) is 3.55. The summed E-state index contributed by atoms with van der Waals surface area (Å²) in [4.78, 5) is 24.9. The summed E-state index contributed by atoms with van der Waals surface area (Å²) in [6.45, 7) is 6.60. The molecule has 0 bridgehead atoms. The van der Waals surface area contributed by atoms with Crippen LogP contribution in [-0.4, -0.2) is 47.5 Å². The highest BCUT2D eigenvalue weighted by Gasteiger charge is 2.20. The van der Waals surface area contributed by atoms with Crippen LogP contribution in [-0.2, 0) is 14.3 Å². The summed E-state index contributed by atoms with van der Waals surface area (Å²) < 4.78 is 12.4.